The number of carbonyl (C=O) groups is 1. The molecular formula is C18H20BrClN3O3S+. The van der Waals surface area contributed by atoms with Gasteiger partial charge in [-0.15, -0.1) is 0 Å². The van der Waals surface area contributed by atoms with Crippen molar-refractivity contribution in [1.29, 1.82) is 0 Å². The summed E-state index contributed by atoms with van der Waals surface area (Å²) in [5.74, 6) is -0.0821. The molecule has 6 nitrogen and oxygen atoms in total. The molecule has 1 saturated heterocycles. The summed E-state index contributed by atoms with van der Waals surface area (Å²) in [7, 11) is -3.53. The minimum Gasteiger partial charge on any atom is -0.325 e. The average Bonchev–Trinajstić information content (AvgIpc) is 2.64. The molecule has 0 radical (unpaired) electrons. The van der Waals surface area contributed by atoms with Crippen LogP contribution in [0.1, 0.15) is 0 Å². The Labute approximate surface area is 172 Å². The van der Waals surface area contributed by atoms with E-state index in [1.807, 2.05) is 24.3 Å². The first-order valence-electron chi connectivity index (χ1n) is 8.49. The maximum atomic E-state index is 12.7. The Kier molecular flexibility index (Phi) is 6.54. The van der Waals surface area contributed by atoms with Gasteiger partial charge in [-0.25, -0.2) is 8.42 Å². The summed E-state index contributed by atoms with van der Waals surface area (Å²) in [5.41, 5.74) is 0.742. The van der Waals surface area contributed by atoms with Crippen LogP contribution in [-0.2, 0) is 14.8 Å². The number of benzene rings is 2. The van der Waals surface area contributed by atoms with E-state index in [1.54, 1.807) is 12.1 Å². The SMILES string of the molecule is O=C(C[NH+]1CCN(S(=O)(=O)c2ccc(Cl)cc2)CC1)Nc1ccc(Br)cc1. The van der Waals surface area contributed by atoms with E-state index in [0.29, 0.717) is 37.7 Å². The van der Waals surface area contributed by atoms with E-state index in [-0.39, 0.29) is 10.8 Å². The first kappa shape index (κ1) is 20.3. The highest BCUT2D eigenvalue weighted by Crippen LogP contribution is 2.18. The van der Waals surface area contributed by atoms with E-state index in [2.05, 4.69) is 21.2 Å². The van der Waals surface area contributed by atoms with Crippen LogP contribution in [0.25, 0.3) is 0 Å². The zero-order valence-electron chi connectivity index (χ0n) is 14.5. The van der Waals surface area contributed by atoms with Crippen LogP contribution >= 0.6 is 27.5 Å². The zero-order valence-corrected chi connectivity index (χ0v) is 17.6. The number of sulfonamides is 1. The molecule has 2 aromatic rings. The molecule has 0 saturated carbocycles. The van der Waals surface area contributed by atoms with Crippen molar-refractivity contribution in [2.75, 3.05) is 38.0 Å². The van der Waals surface area contributed by atoms with Gasteiger partial charge in [-0.2, -0.15) is 4.31 Å². The van der Waals surface area contributed by atoms with Crippen LogP contribution in [0.5, 0.6) is 0 Å². The lowest BCUT2D eigenvalue weighted by Crippen LogP contribution is -3.15. The van der Waals surface area contributed by atoms with Crippen LogP contribution < -0.4 is 10.2 Å². The standard InChI is InChI=1S/C18H19BrClN3O3S/c19-14-1-5-16(6-2-14)21-18(24)13-22-9-11-23(12-10-22)27(25,26)17-7-3-15(20)4-8-17/h1-8H,9-13H2,(H,21,24)/p+1. The van der Waals surface area contributed by atoms with E-state index < -0.39 is 10.0 Å². The maximum absolute atomic E-state index is 12.7. The summed E-state index contributed by atoms with van der Waals surface area (Å²) < 4.78 is 27.8. The van der Waals surface area contributed by atoms with Gasteiger partial charge in [-0.05, 0) is 48.5 Å². The van der Waals surface area contributed by atoms with Gasteiger partial charge < -0.3 is 10.2 Å². The second-order valence-electron chi connectivity index (χ2n) is 6.34. The maximum Gasteiger partial charge on any atom is 0.279 e. The minimum atomic E-state index is -3.53. The number of amides is 1. The Bertz CT molecular complexity index is 896. The first-order valence-corrected chi connectivity index (χ1v) is 11.1. The third kappa shape index (κ3) is 5.30. The highest BCUT2D eigenvalue weighted by atomic mass is 79.9. The second kappa shape index (κ2) is 8.70. The van der Waals surface area contributed by atoms with E-state index >= 15 is 0 Å². The predicted molar refractivity (Wildman–Crippen MR) is 109 cm³/mol. The lowest BCUT2D eigenvalue weighted by Gasteiger charge is -2.31. The predicted octanol–water partition coefficient (Wildman–Crippen LogP) is 1.63. The normalized spacial score (nSPS) is 16.2. The van der Waals surface area contributed by atoms with Gasteiger partial charge in [0, 0.05) is 15.2 Å². The van der Waals surface area contributed by atoms with Crippen LogP contribution in [0.3, 0.4) is 0 Å². The van der Waals surface area contributed by atoms with Gasteiger partial charge >= 0.3 is 0 Å². The van der Waals surface area contributed by atoms with Crippen molar-refractivity contribution in [3.8, 4) is 0 Å². The number of carbonyl (C=O) groups excluding carboxylic acids is 1. The number of quaternary nitrogens is 1. The Balaban J connectivity index is 1.53. The van der Waals surface area contributed by atoms with Gasteiger partial charge in [0.15, 0.2) is 6.54 Å². The zero-order chi connectivity index (χ0) is 19.4. The van der Waals surface area contributed by atoms with Gasteiger partial charge in [0.2, 0.25) is 10.0 Å². The molecule has 0 unspecified atom stereocenters. The Morgan fingerprint density at radius 1 is 1.07 bits per heavy atom. The molecule has 1 aliphatic heterocycles. The van der Waals surface area contributed by atoms with Crippen molar-refractivity contribution in [2.24, 2.45) is 0 Å². The molecule has 27 heavy (non-hydrogen) atoms. The van der Waals surface area contributed by atoms with Gasteiger partial charge in [0.25, 0.3) is 5.91 Å². The molecule has 0 aliphatic carbocycles. The van der Waals surface area contributed by atoms with Gasteiger partial charge in [-0.1, -0.05) is 27.5 Å². The first-order chi connectivity index (χ1) is 12.8. The van der Waals surface area contributed by atoms with Crippen molar-refractivity contribution < 1.29 is 18.1 Å². The number of hydrogen-bond acceptors (Lipinski definition) is 3. The van der Waals surface area contributed by atoms with Crippen molar-refractivity contribution in [3.05, 3.63) is 58.0 Å². The van der Waals surface area contributed by atoms with Crippen LogP contribution in [0.4, 0.5) is 5.69 Å². The van der Waals surface area contributed by atoms with E-state index in [1.165, 1.54) is 16.4 Å². The fraction of sp³-hybridized carbons (Fsp3) is 0.278. The number of anilines is 1. The largest absolute Gasteiger partial charge is 0.325 e. The van der Waals surface area contributed by atoms with E-state index in [9.17, 15) is 13.2 Å². The molecule has 0 spiro atoms. The molecule has 2 N–H and O–H groups in total. The third-order valence-electron chi connectivity index (χ3n) is 4.42. The lowest BCUT2D eigenvalue weighted by molar-refractivity contribution is -0.895. The molecule has 3 rings (SSSR count). The molecular weight excluding hydrogens is 454 g/mol. The topological polar surface area (TPSA) is 70.9 Å². The quantitative estimate of drug-likeness (QED) is 0.693. The number of nitrogens with one attached hydrogen (secondary N) is 2. The fourth-order valence-corrected chi connectivity index (χ4v) is 4.77. The summed E-state index contributed by atoms with van der Waals surface area (Å²) in [5, 5.41) is 3.36. The third-order valence-corrected chi connectivity index (χ3v) is 7.11. The molecule has 2 aromatic carbocycles. The molecule has 1 fully saturated rings. The Morgan fingerprint density at radius 2 is 1.67 bits per heavy atom. The van der Waals surface area contributed by atoms with E-state index in [4.69, 9.17) is 11.6 Å². The molecule has 0 atom stereocenters. The van der Waals surface area contributed by atoms with Crippen molar-refractivity contribution in [1.82, 2.24) is 4.31 Å². The van der Waals surface area contributed by atoms with E-state index in [0.717, 1.165) is 15.1 Å². The average molecular weight is 474 g/mol. The summed E-state index contributed by atoms with van der Waals surface area (Å²) in [6, 6.07) is 13.6. The molecule has 1 amide bonds. The van der Waals surface area contributed by atoms with Gasteiger partial charge in [0.05, 0.1) is 31.1 Å². The molecule has 9 heteroatoms. The van der Waals surface area contributed by atoms with Crippen molar-refractivity contribution in [2.45, 2.75) is 4.90 Å². The Hall–Kier alpha value is -1.45. The van der Waals surface area contributed by atoms with Crippen LogP contribution in [0, 0.1) is 0 Å². The Morgan fingerprint density at radius 3 is 2.26 bits per heavy atom. The number of piperazine rings is 1. The monoisotopic (exact) mass is 472 g/mol. The molecule has 0 aromatic heterocycles. The molecule has 0 bridgehead atoms. The fourth-order valence-electron chi connectivity index (χ4n) is 2.94. The summed E-state index contributed by atoms with van der Waals surface area (Å²) in [6.07, 6.45) is 0. The van der Waals surface area contributed by atoms with Crippen LogP contribution in [0.15, 0.2) is 57.9 Å². The van der Waals surface area contributed by atoms with Gasteiger partial charge in [-0.3, -0.25) is 4.79 Å². The van der Waals surface area contributed by atoms with Crippen molar-refractivity contribution >= 4 is 49.1 Å². The number of nitrogens with zero attached hydrogens (tertiary/aromatic N) is 1. The van der Waals surface area contributed by atoms with Crippen LogP contribution in [-0.4, -0.2) is 51.4 Å². The summed E-state index contributed by atoms with van der Waals surface area (Å²) in [4.78, 5) is 13.5. The number of halogens is 2. The summed E-state index contributed by atoms with van der Waals surface area (Å²) >= 11 is 9.18. The van der Waals surface area contributed by atoms with Crippen molar-refractivity contribution in [3.63, 3.8) is 0 Å². The minimum absolute atomic E-state index is 0.0821. The summed E-state index contributed by atoms with van der Waals surface area (Å²) in [6.45, 7) is 2.24. The number of hydrogen-bond donors (Lipinski definition) is 2. The second-order valence-corrected chi connectivity index (χ2v) is 9.63. The van der Waals surface area contributed by atoms with Crippen LogP contribution in [0.2, 0.25) is 5.02 Å². The molecule has 1 aliphatic rings. The highest BCUT2D eigenvalue weighted by molar-refractivity contribution is 9.10. The smallest absolute Gasteiger partial charge is 0.279 e. The van der Waals surface area contributed by atoms with Gasteiger partial charge in [0.1, 0.15) is 0 Å². The molecule has 1 heterocycles. The molecule has 144 valence electrons. The number of rotatable bonds is 5. The lowest BCUT2D eigenvalue weighted by atomic mass is 10.3. The highest BCUT2D eigenvalue weighted by Gasteiger charge is 2.31.